The van der Waals surface area contributed by atoms with Crippen molar-refractivity contribution in [2.24, 2.45) is 7.05 Å². The van der Waals surface area contributed by atoms with Gasteiger partial charge in [-0.15, -0.1) is 0 Å². The van der Waals surface area contributed by atoms with Crippen molar-refractivity contribution in [2.75, 3.05) is 20.5 Å². The van der Waals surface area contributed by atoms with Crippen LogP contribution in [0.15, 0.2) is 30.5 Å². The Hall–Kier alpha value is -3.30. The molecule has 0 radical (unpaired) electrons. The molecule has 2 aromatic heterocycles. The van der Waals surface area contributed by atoms with Crippen molar-refractivity contribution in [2.45, 2.75) is 6.92 Å². The molecule has 0 aliphatic carbocycles. The SMILES string of the molecule is CCOC(=O)c1nc(-c2cc3cn(C)nc3c(F)c2OCOC)nc2ccc(Cl)cc12. The summed E-state index contributed by atoms with van der Waals surface area (Å²) in [5, 5.41) is 5.51. The fourth-order valence-electron chi connectivity index (χ4n) is 3.23. The first-order valence-electron chi connectivity index (χ1n) is 9.35. The van der Waals surface area contributed by atoms with Crippen molar-refractivity contribution in [3.63, 3.8) is 0 Å². The Labute approximate surface area is 181 Å². The van der Waals surface area contributed by atoms with Crippen LogP contribution in [-0.2, 0) is 16.5 Å². The van der Waals surface area contributed by atoms with Crippen LogP contribution in [-0.4, -0.2) is 46.2 Å². The third kappa shape index (κ3) is 3.89. The highest BCUT2D eigenvalue weighted by molar-refractivity contribution is 6.31. The molecule has 0 N–H and O–H groups in total. The van der Waals surface area contributed by atoms with Gasteiger partial charge in [-0.25, -0.2) is 19.2 Å². The van der Waals surface area contributed by atoms with Gasteiger partial charge in [0.05, 0.1) is 17.7 Å². The van der Waals surface area contributed by atoms with E-state index in [9.17, 15) is 4.79 Å². The maximum Gasteiger partial charge on any atom is 0.357 e. The van der Waals surface area contributed by atoms with Gasteiger partial charge in [0.25, 0.3) is 0 Å². The summed E-state index contributed by atoms with van der Waals surface area (Å²) >= 11 is 6.10. The summed E-state index contributed by atoms with van der Waals surface area (Å²) in [4.78, 5) is 21.5. The van der Waals surface area contributed by atoms with Gasteiger partial charge in [-0.2, -0.15) is 5.10 Å². The molecule has 0 saturated carbocycles. The maximum absolute atomic E-state index is 15.3. The van der Waals surface area contributed by atoms with Crippen LogP contribution >= 0.6 is 11.6 Å². The van der Waals surface area contributed by atoms with Gasteiger partial charge < -0.3 is 14.2 Å². The number of rotatable bonds is 6. The molecule has 0 aliphatic rings. The number of nitrogens with zero attached hydrogens (tertiary/aromatic N) is 4. The van der Waals surface area contributed by atoms with Gasteiger partial charge in [0, 0.05) is 36.1 Å². The quantitative estimate of drug-likeness (QED) is 0.326. The van der Waals surface area contributed by atoms with E-state index >= 15 is 4.39 Å². The van der Waals surface area contributed by atoms with Crippen LogP contribution in [0.1, 0.15) is 17.4 Å². The van der Waals surface area contributed by atoms with Crippen LogP contribution in [0.25, 0.3) is 33.2 Å². The molecule has 10 heteroatoms. The average Bonchev–Trinajstić information content (AvgIpc) is 3.13. The lowest BCUT2D eigenvalue weighted by Gasteiger charge is -2.13. The molecular formula is C21H18ClFN4O4. The number of aryl methyl sites for hydroxylation is 1. The number of fused-ring (bicyclic) bond motifs is 2. The summed E-state index contributed by atoms with van der Waals surface area (Å²) in [5.41, 5.74) is 0.851. The number of hydrogen-bond donors (Lipinski definition) is 0. The molecule has 160 valence electrons. The van der Waals surface area contributed by atoms with E-state index in [2.05, 4.69) is 15.1 Å². The Morgan fingerprint density at radius 3 is 2.81 bits per heavy atom. The molecule has 0 atom stereocenters. The Bertz CT molecular complexity index is 1310. The molecule has 0 unspecified atom stereocenters. The average molecular weight is 445 g/mol. The van der Waals surface area contributed by atoms with Crippen molar-refractivity contribution >= 4 is 39.4 Å². The predicted molar refractivity (Wildman–Crippen MR) is 113 cm³/mol. The molecule has 0 bridgehead atoms. The van der Waals surface area contributed by atoms with Crippen molar-refractivity contribution in [3.8, 4) is 17.1 Å². The maximum atomic E-state index is 15.3. The molecule has 4 rings (SSSR count). The first kappa shape index (κ1) is 21.0. The Kier molecular flexibility index (Phi) is 5.71. The van der Waals surface area contributed by atoms with Crippen LogP contribution in [0.3, 0.4) is 0 Å². The molecule has 0 fully saturated rings. The van der Waals surface area contributed by atoms with Gasteiger partial charge in [-0.3, -0.25) is 4.68 Å². The van der Waals surface area contributed by atoms with Crippen LogP contribution in [0.2, 0.25) is 5.02 Å². The number of carbonyl (C=O) groups excluding carboxylic acids is 1. The zero-order chi connectivity index (χ0) is 22.1. The van der Waals surface area contributed by atoms with Crippen LogP contribution in [0.4, 0.5) is 4.39 Å². The third-order valence-corrected chi connectivity index (χ3v) is 4.73. The molecule has 8 nitrogen and oxygen atoms in total. The fourth-order valence-corrected chi connectivity index (χ4v) is 3.40. The lowest BCUT2D eigenvalue weighted by atomic mass is 10.1. The first-order chi connectivity index (χ1) is 14.9. The molecule has 31 heavy (non-hydrogen) atoms. The second-order valence-corrected chi connectivity index (χ2v) is 7.07. The Balaban J connectivity index is 2.01. The number of ether oxygens (including phenoxy) is 3. The second kappa shape index (κ2) is 8.44. The summed E-state index contributed by atoms with van der Waals surface area (Å²) in [7, 11) is 3.11. The van der Waals surface area contributed by atoms with E-state index in [0.717, 1.165) is 0 Å². The van der Waals surface area contributed by atoms with E-state index in [-0.39, 0.29) is 41.7 Å². The highest BCUT2D eigenvalue weighted by atomic mass is 35.5. The zero-order valence-corrected chi connectivity index (χ0v) is 17.7. The van der Waals surface area contributed by atoms with Crippen molar-refractivity contribution < 1.29 is 23.4 Å². The van der Waals surface area contributed by atoms with E-state index in [0.29, 0.717) is 21.3 Å². The first-order valence-corrected chi connectivity index (χ1v) is 9.73. The summed E-state index contributed by atoms with van der Waals surface area (Å²) in [6, 6.07) is 6.53. The topological polar surface area (TPSA) is 88.4 Å². The lowest BCUT2D eigenvalue weighted by molar-refractivity contribution is 0.0488. The second-order valence-electron chi connectivity index (χ2n) is 6.64. The number of carbonyl (C=O) groups is 1. The van der Waals surface area contributed by atoms with Crippen molar-refractivity contribution in [1.82, 2.24) is 19.7 Å². The highest BCUT2D eigenvalue weighted by Crippen LogP contribution is 2.37. The largest absolute Gasteiger partial charge is 0.464 e. The minimum atomic E-state index is -0.678. The number of methoxy groups -OCH3 is 1. The van der Waals surface area contributed by atoms with Crippen LogP contribution in [0.5, 0.6) is 5.75 Å². The summed E-state index contributed by atoms with van der Waals surface area (Å²) < 4.78 is 32.4. The smallest absolute Gasteiger partial charge is 0.357 e. The van der Waals surface area contributed by atoms with E-state index in [1.807, 2.05) is 0 Å². The van der Waals surface area contributed by atoms with E-state index < -0.39 is 11.8 Å². The predicted octanol–water partition coefficient (Wildman–Crippen LogP) is 4.14. The van der Waals surface area contributed by atoms with Gasteiger partial charge in [-0.1, -0.05) is 11.6 Å². The minimum absolute atomic E-state index is 0.0220. The standard InChI is InChI=1S/C21H18ClFN4O4/c1-4-30-21(28)18-13-8-12(22)5-6-15(13)24-20(25-18)14-7-11-9-27(2)26-17(11)16(23)19(14)31-10-29-3/h5-9H,4,10H2,1-3H3. The number of esters is 1. The summed E-state index contributed by atoms with van der Waals surface area (Å²) in [5.74, 6) is -1.35. The number of hydrogen-bond acceptors (Lipinski definition) is 7. The fraction of sp³-hybridized carbons (Fsp3) is 0.238. The van der Waals surface area contributed by atoms with Crippen LogP contribution < -0.4 is 4.74 Å². The molecular weight excluding hydrogens is 427 g/mol. The lowest BCUT2D eigenvalue weighted by Crippen LogP contribution is -2.10. The van der Waals surface area contributed by atoms with Gasteiger partial charge in [0.15, 0.2) is 29.9 Å². The Morgan fingerprint density at radius 2 is 2.06 bits per heavy atom. The minimum Gasteiger partial charge on any atom is -0.464 e. The van der Waals surface area contributed by atoms with Crippen molar-refractivity contribution in [3.05, 3.63) is 47.0 Å². The van der Waals surface area contributed by atoms with E-state index in [4.69, 9.17) is 25.8 Å². The monoisotopic (exact) mass is 444 g/mol. The highest BCUT2D eigenvalue weighted by Gasteiger charge is 2.23. The number of benzene rings is 2. The zero-order valence-electron chi connectivity index (χ0n) is 17.0. The number of halogens is 2. The van der Waals surface area contributed by atoms with Gasteiger partial charge in [0.1, 0.15) is 5.52 Å². The number of aromatic nitrogens is 4. The molecule has 2 heterocycles. The summed E-state index contributed by atoms with van der Waals surface area (Å²) in [6.45, 7) is 1.66. The molecule has 0 amide bonds. The van der Waals surface area contributed by atoms with Gasteiger partial charge >= 0.3 is 5.97 Å². The normalized spacial score (nSPS) is 11.3. The molecule has 0 spiro atoms. The molecule has 2 aromatic carbocycles. The third-order valence-electron chi connectivity index (χ3n) is 4.50. The van der Waals surface area contributed by atoms with Gasteiger partial charge in [0.2, 0.25) is 0 Å². The van der Waals surface area contributed by atoms with Crippen molar-refractivity contribution in [1.29, 1.82) is 0 Å². The molecule has 4 aromatic rings. The van der Waals surface area contributed by atoms with Gasteiger partial charge in [-0.05, 0) is 31.2 Å². The molecule has 0 aliphatic heterocycles. The van der Waals surface area contributed by atoms with E-state index in [1.165, 1.54) is 11.8 Å². The van der Waals surface area contributed by atoms with E-state index in [1.54, 1.807) is 44.4 Å². The Morgan fingerprint density at radius 1 is 1.26 bits per heavy atom. The van der Waals surface area contributed by atoms with Crippen LogP contribution in [0, 0.1) is 5.82 Å². The molecule has 0 saturated heterocycles. The summed E-state index contributed by atoms with van der Waals surface area (Å²) in [6.07, 6.45) is 1.66.